The fourth-order valence-corrected chi connectivity index (χ4v) is 4.72. The Labute approximate surface area is 210 Å². The quantitative estimate of drug-likeness (QED) is 0.201. The molecule has 1 heterocycles. The minimum absolute atomic E-state index is 0.0666. The van der Waals surface area contributed by atoms with Gasteiger partial charge in [0.05, 0.1) is 12.4 Å². The van der Waals surface area contributed by atoms with Gasteiger partial charge in [-0.15, -0.1) is 23.1 Å². The van der Waals surface area contributed by atoms with Gasteiger partial charge in [0, 0.05) is 33.7 Å². The maximum absolute atomic E-state index is 12.7. The molecule has 0 aliphatic heterocycles. The first kappa shape index (κ1) is 25.7. The van der Waals surface area contributed by atoms with Crippen LogP contribution in [0, 0.1) is 0 Å². The van der Waals surface area contributed by atoms with E-state index in [0.29, 0.717) is 21.8 Å². The molecule has 3 N–H and O–H groups in total. The van der Waals surface area contributed by atoms with Crippen molar-refractivity contribution in [2.24, 2.45) is 0 Å². The Balaban J connectivity index is 1.67. The molecule has 2 amide bonds. The fraction of sp³-hybridized carbons (Fsp3) is 0.120. The Morgan fingerprint density at radius 3 is 2.51 bits per heavy atom. The number of rotatable bonds is 10. The highest BCUT2D eigenvalue weighted by molar-refractivity contribution is 8.00. The largest absolute Gasteiger partial charge is 0.478 e. The van der Waals surface area contributed by atoms with Crippen LogP contribution in [0.15, 0.2) is 77.0 Å². The molecule has 0 radical (unpaired) electrons. The number of aliphatic carboxylic acids is 1. The van der Waals surface area contributed by atoms with E-state index in [1.54, 1.807) is 31.2 Å². The number of thioether (sulfide) groups is 1. The van der Waals surface area contributed by atoms with Crippen LogP contribution in [-0.2, 0) is 19.1 Å². The summed E-state index contributed by atoms with van der Waals surface area (Å²) in [6, 6.07) is 16.2. The molecule has 0 aliphatic rings. The third-order valence-electron chi connectivity index (χ3n) is 4.46. The molecule has 0 saturated heterocycles. The number of amides is 2. The summed E-state index contributed by atoms with van der Waals surface area (Å²) < 4.78 is 5.21. The van der Waals surface area contributed by atoms with E-state index in [-0.39, 0.29) is 18.3 Å². The average Bonchev–Trinajstić information content (AvgIpc) is 3.26. The lowest BCUT2D eigenvalue weighted by Gasteiger charge is -2.09. The molecule has 35 heavy (non-hydrogen) atoms. The van der Waals surface area contributed by atoms with Gasteiger partial charge in [-0.2, -0.15) is 0 Å². The monoisotopic (exact) mass is 510 g/mol. The Kier molecular flexibility index (Phi) is 9.22. The zero-order chi connectivity index (χ0) is 25.2. The van der Waals surface area contributed by atoms with Crippen molar-refractivity contribution in [2.45, 2.75) is 11.8 Å². The van der Waals surface area contributed by atoms with Crippen LogP contribution in [0.5, 0.6) is 0 Å². The molecule has 180 valence electrons. The predicted molar refractivity (Wildman–Crippen MR) is 137 cm³/mol. The molecule has 0 unspecified atom stereocenters. The van der Waals surface area contributed by atoms with E-state index < -0.39 is 17.8 Å². The number of carboxylic acids is 1. The minimum Gasteiger partial charge on any atom is -0.478 e. The lowest BCUT2D eigenvalue weighted by molar-refractivity contribution is -0.131. The number of benzene rings is 2. The van der Waals surface area contributed by atoms with Crippen molar-refractivity contribution in [1.82, 2.24) is 0 Å². The van der Waals surface area contributed by atoms with Crippen LogP contribution < -0.4 is 10.6 Å². The lowest BCUT2D eigenvalue weighted by Crippen LogP contribution is -2.16. The number of esters is 1. The van der Waals surface area contributed by atoms with Crippen LogP contribution >= 0.6 is 23.1 Å². The fourth-order valence-electron chi connectivity index (χ4n) is 2.99. The normalized spacial score (nSPS) is 10.7. The Bertz CT molecular complexity index is 1250. The van der Waals surface area contributed by atoms with Crippen LogP contribution in [0.2, 0.25) is 0 Å². The van der Waals surface area contributed by atoms with Crippen molar-refractivity contribution < 1.29 is 29.0 Å². The number of ether oxygens (including phenoxy) is 1. The SMILES string of the molecule is CCOC(=O)c1c(-c2ccccc2)csc1NC(=O)CSc1cccc(NC(=O)/C=C/C(=O)O)c1. The van der Waals surface area contributed by atoms with Gasteiger partial charge < -0.3 is 20.5 Å². The minimum atomic E-state index is -1.22. The van der Waals surface area contributed by atoms with Gasteiger partial charge in [-0.05, 0) is 30.7 Å². The summed E-state index contributed by atoms with van der Waals surface area (Å²) in [5.41, 5.74) is 2.32. The summed E-state index contributed by atoms with van der Waals surface area (Å²) in [6.07, 6.45) is 1.66. The van der Waals surface area contributed by atoms with Gasteiger partial charge in [0.1, 0.15) is 10.6 Å². The highest BCUT2D eigenvalue weighted by Crippen LogP contribution is 2.36. The first-order valence-electron chi connectivity index (χ1n) is 10.5. The topological polar surface area (TPSA) is 122 Å². The Hall–Kier alpha value is -3.89. The molecule has 0 fully saturated rings. The molecule has 3 rings (SSSR count). The van der Waals surface area contributed by atoms with Crippen LogP contribution in [0.1, 0.15) is 17.3 Å². The second kappa shape index (κ2) is 12.5. The Morgan fingerprint density at radius 1 is 1.03 bits per heavy atom. The summed E-state index contributed by atoms with van der Waals surface area (Å²) in [5, 5.41) is 16.2. The standard InChI is InChI=1S/C25H22N2O6S2/c1-2-33-25(32)23-19(16-7-4-3-5-8-16)14-35-24(23)27-21(29)15-34-18-10-6-9-17(13-18)26-20(28)11-12-22(30)31/h3-14H,2,15H2,1H3,(H,26,28)(H,27,29)(H,30,31)/b12-11+. The molecule has 10 heteroatoms. The number of carbonyl (C=O) groups is 4. The van der Waals surface area contributed by atoms with Crippen LogP contribution in [0.4, 0.5) is 10.7 Å². The van der Waals surface area contributed by atoms with Crippen molar-refractivity contribution in [3.05, 3.63) is 77.7 Å². The van der Waals surface area contributed by atoms with Gasteiger partial charge >= 0.3 is 11.9 Å². The smallest absolute Gasteiger partial charge is 0.341 e. The summed E-state index contributed by atoms with van der Waals surface area (Å²) in [7, 11) is 0. The van der Waals surface area contributed by atoms with E-state index >= 15 is 0 Å². The van der Waals surface area contributed by atoms with Gasteiger partial charge in [-0.25, -0.2) is 9.59 Å². The number of nitrogens with one attached hydrogen (secondary N) is 2. The summed E-state index contributed by atoms with van der Waals surface area (Å²) in [4.78, 5) is 48.3. The van der Waals surface area contributed by atoms with Gasteiger partial charge in [-0.3, -0.25) is 9.59 Å². The molecule has 1 aromatic heterocycles. The number of thiophene rings is 1. The zero-order valence-corrected chi connectivity index (χ0v) is 20.3. The summed E-state index contributed by atoms with van der Waals surface area (Å²) in [5.74, 6) is -2.54. The van der Waals surface area contributed by atoms with Crippen LogP contribution in [0.3, 0.4) is 0 Å². The number of carbonyl (C=O) groups excluding carboxylic acids is 3. The third-order valence-corrected chi connectivity index (χ3v) is 6.35. The molecular formula is C25H22N2O6S2. The number of carboxylic acid groups (broad SMARTS) is 1. The van der Waals surface area contributed by atoms with E-state index in [4.69, 9.17) is 9.84 Å². The molecule has 3 aromatic rings. The molecule has 0 saturated carbocycles. The average molecular weight is 511 g/mol. The second-order valence-corrected chi connectivity index (χ2v) is 8.89. The molecule has 0 spiro atoms. The Morgan fingerprint density at radius 2 is 1.80 bits per heavy atom. The summed E-state index contributed by atoms with van der Waals surface area (Å²) in [6.45, 7) is 1.94. The van der Waals surface area contributed by atoms with Crippen LogP contribution in [0.25, 0.3) is 11.1 Å². The van der Waals surface area contributed by atoms with Crippen molar-refractivity contribution in [1.29, 1.82) is 0 Å². The van der Waals surface area contributed by atoms with E-state index in [9.17, 15) is 19.2 Å². The van der Waals surface area contributed by atoms with Gasteiger partial charge in [0.25, 0.3) is 0 Å². The van der Waals surface area contributed by atoms with Gasteiger partial charge in [0.2, 0.25) is 11.8 Å². The van der Waals surface area contributed by atoms with E-state index in [0.717, 1.165) is 22.6 Å². The number of anilines is 2. The maximum atomic E-state index is 12.7. The predicted octanol–water partition coefficient (Wildman–Crippen LogP) is 4.90. The highest BCUT2D eigenvalue weighted by Gasteiger charge is 2.22. The van der Waals surface area contributed by atoms with Crippen molar-refractivity contribution in [3.63, 3.8) is 0 Å². The van der Waals surface area contributed by atoms with E-state index in [1.165, 1.54) is 23.1 Å². The molecule has 0 bridgehead atoms. The molecule has 2 aromatic carbocycles. The van der Waals surface area contributed by atoms with Crippen molar-refractivity contribution in [2.75, 3.05) is 23.0 Å². The lowest BCUT2D eigenvalue weighted by atomic mass is 10.0. The van der Waals surface area contributed by atoms with Crippen LogP contribution in [-0.4, -0.2) is 41.2 Å². The first-order valence-corrected chi connectivity index (χ1v) is 12.3. The molecule has 8 nitrogen and oxygen atoms in total. The maximum Gasteiger partial charge on any atom is 0.341 e. The number of hydrogen-bond donors (Lipinski definition) is 3. The van der Waals surface area contributed by atoms with Crippen molar-refractivity contribution >= 4 is 57.5 Å². The van der Waals surface area contributed by atoms with Gasteiger partial charge in [0.15, 0.2) is 0 Å². The van der Waals surface area contributed by atoms with Crippen molar-refractivity contribution in [3.8, 4) is 11.1 Å². The zero-order valence-electron chi connectivity index (χ0n) is 18.6. The summed E-state index contributed by atoms with van der Waals surface area (Å²) >= 11 is 2.50. The van der Waals surface area contributed by atoms with Gasteiger partial charge in [-0.1, -0.05) is 36.4 Å². The van der Waals surface area contributed by atoms with E-state index in [2.05, 4.69) is 10.6 Å². The van der Waals surface area contributed by atoms with E-state index in [1.807, 2.05) is 35.7 Å². The second-order valence-electron chi connectivity index (χ2n) is 6.97. The third kappa shape index (κ3) is 7.56. The molecular weight excluding hydrogens is 488 g/mol. The molecule has 0 aliphatic carbocycles. The first-order chi connectivity index (χ1) is 16.9. The number of hydrogen-bond acceptors (Lipinski definition) is 7. The molecule has 0 atom stereocenters. The highest BCUT2D eigenvalue weighted by atomic mass is 32.2.